The molecule has 0 fully saturated rings. The Morgan fingerprint density at radius 1 is 1.50 bits per heavy atom. The lowest BCUT2D eigenvalue weighted by Gasteiger charge is -2.15. The van der Waals surface area contributed by atoms with Crippen LogP contribution in [0.3, 0.4) is 0 Å². The van der Waals surface area contributed by atoms with Crippen LogP contribution in [0.15, 0.2) is 24.5 Å². The van der Waals surface area contributed by atoms with Crippen molar-refractivity contribution in [1.82, 2.24) is 20.5 Å². The van der Waals surface area contributed by atoms with Crippen molar-refractivity contribution in [2.45, 2.75) is 12.5 Å². The van der Waals surface area contributed by atoms with Crippen molar-refractivity contribution in [1.29, 1.82) is 0 Å². The van der Waals surface area contributed by atoms with Gasteiger partial charge in [0.2, 0.25) is 0 Å². The number of aromatic amines is 1. The minimum absolute atomic E-state index is 0.0415. The Bertz CT molecular complexity index is 501. The minimum Gasteiger partial charge on any atom is -0.496 e. The van der Waals surface area contributed by atoms with Crippen molar-refractivity contribution < 1.29 is 4.74 Å². The van der Waals surface area contributed by atoms with Gasteiger partial charge in [-0.1, -0.05) is 11.6 Å². The van der Waals surface area contributed by atoms with E-state index in [9.17, 15) is 0 Å². The van der Waals surface area contributed by atoms with E-state index in [1.165, 1.54) is 6.33 Å². The molecule has 0 amide bonds. The van der Waals surface area contributed by atoms with Gasteiger partial charge in [0.05, 0.1) is 13.2 Å². The van der Waals surface area contributed by atoms with Crippen LogP contribution in [0.25, 0.3) is 0 Å². The number of ether oxygens (including phenoxy) is 1. The summed E-state index contributed by atoms with van der Waals surface area (Å²) in [7, 11) is 3.53. The molecule has 0 radical (unpaired) electrons. The summed E-state index contributed by atoms with van der Waals surface area (Å²) in [6.07, 6.45) is 2.21. The second-order valence-electron chi connectivity index (χ2n) is 3.87. The molecule has 2 rings (SSSR count). The average Bonchev–Trinajstić information content (AvgIpc) is 2.90. The number of nitrogens with one attached hydrogen (secondary N) is 2. The van der Waals surface area contributed by atoms with Crippen LogP contribution in [0.2, 0.25) is 5.02 Å². The molecule has 0 bridgehead atoms. The second-order valence-corrected chi connectivity index (χ2v) is 4.31. The fourth-order valence-corrected chi connectivity index (χ4v) is 2.04. The maximum atomic E-state index is 6.01. The van der Waals surface area contributed by atoms with Crippen molar-refractivity contribution in [3.8, 4) is 5.75 Å². The molecule has 1 aromatic heterocycles. The number of methoxy groups -OCH3 is 1. The first-order chi connectivity index (χ1) is 8.74. The molecule has 0 aliphatic heterocycles. The van der Waals surface area contributed by atoms with Crippen LogP contribution in [-0.2, 0) is 6.42 Å². The van der Waals surface area contributed by atoms with E-state index in [1.54, 1.807) is 7.11 Å². The number of rotatable bonds is 5. The molecule has 1 unspecified atom stereocenters. The SMILES string of the molecule is CNC(Cc1cc(Cl)ccc1OC)c1ncn[nH]1. The summed E-state index contributed by atoms with van der Waals surface area (Å²) in [6, 6.07) is 5.62. The Morgan fingerprint density at radius 3 is 2.94 bits per heavy atom. The summed E-state index contributed by atoms with van der Waals surface area (Å²) in [5.74, 6) is 1.61. The van der Waals surface area contributed by atoms with Gasteiger partial charge in [-0.25, -0.2) is 4.98 Å². The van der Waals surface area contributed by atoms with Gasteiger partial charge in [-0.15, -0.1) is 0 Å². The highest BCUT2D eigenvalue weighted by Crippen LogP contribution is 2.26. The summed E-state index contributed by atoms with van der Waals surface area (Å²) in [5, 5.41) is 10.6. The highest BCUT2D eigenvalue weighted by atomic mass is 35.5. The zero-order chi connectivity index (χ0) is 13.0. The number of hydrogen-bond acceptors (Lipinski definition) is 4. The summed E-state index contributed by atoms with van der Waals surface area (Å²) in [6.45, 7) is 0. The summed E-state index contributed by atoms with van der Waals surface area (Å²) >= 11 is 6.01. The summed E-state index contributed by atoms with van der Waals surface area (Å²) < 4.78 is 5.33. The van der Waals surface area contributed by atoms with Crippen LogP contribution in [-0.4, -0.2) is 29.3 Å². The van der Waals surface area contributed by atoms with E-state index in [1.807, 2.05) is 25.2 Å². The van der Waals surface area contributed by atoms with Gasteiger partial charge < -0.3 is 10.1 Å². The minimum atomic E-state index is 0.0415. The van der Waals surface area contributed by atoms with Gasteiger partial charge in [-0.05, 0) is 37.2 Å². The quantitative estimate of drug-likeness (QED) is 0.869. The van der Waals surface area contributed by atoms with Crippen LogP contribution in [0.4, 0.5) is 0 Å². The number of nitrogens with zero attached hydrogens (tertiary/aromatic N) is 2. The molecule has 0 aliphatic rings. The normalized spacial score (nSPS) is 12.4. The molecule has 0 spiro atoms. The van der Waals surface area contributed by atoms with Gasteiger partial charge in [0.15, 0.2) is 0 Å². The molecule has 1 heterocycles. The fraction of sp³-hybridized carbons (Fsp3) is 0.333. The molecule has 6 heteroatoms. The Labute approximate surface area is 111 Å². The molecular formula is C12H15ClN4O. The number of halogens is 1. The van der Waals surface area contributed by atoms with E-state index in [0.717, 1.165) is 23.6 Å². The Hall–Kier alpha value is -1.59. The van der Waals surface area contributed by atoms with E-state index >= 15 is 0 Å². The monoisotopic (exact) mass is 266 g/mol. The van der Waals surface area contributed by atoms with Crippen molar-refractivity contribution in [3.05, 3.63) is 40.9 Å². The number of likely N-dealkylation sites (N-methyl/N-ethyl adjacent to an activating group) is 1. The van der Waals surface area contributed by atoms with E-state index in [0.29, 0.717) is 5.02 Å². The predicted octanol–water partition coefficient (Wildman–Crippen LogP) is 1.97. The number of H-pyrrole nitrogens is 1. The average molecular weight is 267 g/mol. The predicted molar refractivity (Wildman–Crippen MR) is 69.9 cm³/mol. The maximum Gasteiger partial charge on any atom is 0.141 e. The smallest absolute Gasteiger partial charge is 0.141 e. The highest BCUT2D eigenvalue weighted by molar-refractivity contribution is 6.30. The Balaban J connectivity index is 2.24. The van der Waals surface area contributed by atoms with Gasteiger partial charge in [-0.3, -0.25) is 5.10 Å². The lowest BCUT2D eigenvalue weighted by Crippen LogP contribution is -2.20. The van der Waals surface area contributed by atoms with Crippen LogP contribution in [0.1, 0.15) is 17.4 Å². The van der Waals surface area contributed by atoms with E-state index in [2.05, 4.69) is 20.5 Å². The van der Waals surface area contributed by atoms with E-state index in [-0.39, 0.29) is 6.04 Å². The van der Waals surface area contributed by atoms with Crippen molar-refractivity contribution in [3.63, 3.8) is 0 Å². The van der Waals surface area contributed by atoms with Gasteiger partial charge in [0.25, 0.3) is 0 Å². The molecule has 0 saturated heterocycles. The molecule has 18 heavy (non-hydrogen) atoms. The molecule has 0 aliphatic carbocycles. The van der Waals surface area contributed by atoms with Crippen LogP contribution in [0.5, 0.6) is 5.75 Å². The fourth-order valence-electron chi connectivity index (χ4n) is 1.84. The first kappa shape index (κ1) is 12.9. The van der Waals surface area contributed by atoms with Gasteiger partial charge in [0.1, 0.15) is 17.9 Å². The Morgan fingerprint density at radius 2 is 2.33 bits per heavy atom. The number of aromatic nitrogens is 3. The topological polar surface area (TPSA) is 62.8 Å². The molecule has 96 valence electrons. The van der Waals surface area contributed by atoms with Gasteiger partial charge in [0, 0.05) is 5.02 Å². The third kappa shape index (κ3) is 2.80. The highest BCUT2D eigenvalue weighted by Gasteiger charge is 2.15. The lowest BCUT2D eigenvalue weighted by molar-refractivity contribution is 0.406. The number of benzene rings is 1. The van der Waals surface area contributed by atoms with Gasteiger partial charge >= 0.3 is 0 Å². The second kappa shape index (κ2) is 5.84. The molecule has 2 aromatic rings. The van der Waals surface area contributed by atoms with E-state index in [4.69, 9.17) is 16.3 Å². The molecule has 2 N–H and O–H groups in total. The molecule has 1 aromatic carbocycles. The van der Waals surface area contributed by atoms with Crippen LogP contribution >= 0.6 is 11.6 Å². The zero-order valence-corrected chi connectivity index (χ0v) is 11.0. The van der Waals surface area contributed by atoms with Gasteiger partial charge in [-0.2, -0.15) is 5.10 Å². The Kier molecular flexibility index (Phi) is 4.17. The van der Waals surface area contributed by atoms with Crippen molar-refractivity contribution in [2.24, 2.45) is 0 Å². The molecule has 0 saturated carbocycles. The lowest BCUT2D eigenvalue weighted by atomic mass is 10.0. The molecular weight excluding hydrogens is 252 g/mol. The largest absolute Gasteiger partial charge is 0.496 e. The standard InChI is InChI=1S/C12H15ClN4O/c1-14-10(12-15-7-16-17-12)6-8-5-9(13)3-4-11(8)18-2/h3-5,7,10,14H,6H2,1-2H3,(H,15,16,17). The van der Waals surface area contributed by atoms with Crippen molar-refractivity contribution >= 4 is 11.6 Å². The third-order valence-electron chi connectivity index (χ3n) is 2.78. The number of hydrogen-bond donors (Lipinski definition) is 2. The summed E-state index contributed by atoms with van der Waals surface area (Å²) in [5.41, 5.74) is 1.03. The van der Waals surface area contributed by atoms with E-state index < -0.39 is 0 Å². The first-order valence-corrected chi connectivity index (χ1v) is 5.97. The maximum absolute atomic E-state index is 6.01. The van der Waals surface area contributed by atoms with Crippen molar-refractivity contribution in [2.75, 3.05) is 14.2 Å². The molecule has 5 nitrogen and oxygen atoms in total. The van der Waals surface area contributed by atoms with Crippen LogP contribution in [0, 0.1) is 0 Å². The summed E-state index contributed by atoms with van der Waals surface area (Å²) in [4.78, 5) is 4.16. The first-order valence-electron chi connectivity index (χ1n) is 5.59. The molecule has 1 atom stereocenters. The third-order valence-corrected chi connectivity index (χ3v) is 3.01. The van der Waals surface area contributed by atoms with Crippen LogP contribution < -0.4 is 10.1 Å². The zero-order valence-electron chi connectivity index (χ0n) is 10.3.